The molecule has 12 aromatic rings. The van der Waals surface area contributed by atoms with E-state index in [1.54, 1.807) is 0 Å². The van der Waals surface area contributed by atoms with Crippen molar-refractivity contribution in [2.75, 3.05) is 0 Å². The molecule has 0 saturated carbocycles. The molecule has 270 valence electrons. The topological polar surface area (TPSA) is 43.9 Å². The minimum absolute atomic E-state index is 0.652. The Balaban J connectivity index is 1.04. The Hall–Kier alpha value is -7.82. The van der Waals surface area contributed by atoms with Crippen LogP contribution in [0, 0.1) is 0 Å². The van der Waals surface area contributed by atoms with E-state index >= 15 is 0 Å². The number of fused-ring (bicyclic) bond motifs is 9. The average molecular weight is 740 g/mol. The zero-order valence-corrected chi connectivity index (χ0v) is 31.3. The van der Waals surface area contributed by atoms with Gasteiger partial charge in [0.25, 0.3) is 0 Å². The number of para-hydroxylation sites is 1. The molecular formula is C54H33N3O. The zero-order chi connectivity index (χ0) is 38.2. The molecule has 0 N–H and O–H groups in total. The van der Waals surface area contributed by atoms with Crippen LogP contribution in [0.4, 0.5) is 0 Å². The third-order valence-electron chi connectivity index (χ3n) is 11.6. The Morgan fingerprint density at radius 3 is 1.90 bits per heavy atom. The zero-order valence-electron chi connectivity index (χ0n) is 31.3. The number of aromatic nitrogens is 3. The van der Waals surface area contributed by atoms with Crippen molar-refractivity contribution in [3.63, 3.8) is 0 Å². The van der Waals surface area contributed by atoms with Crippen LogP contribution in [0.25, 0.3) is 116 Å². The molecular weight excluding hydrogens is 707 g/mol. The van der Waals surface area contributed by atoms with Crippen LogP contribution in [0.2, 0.25) is 0 Å². The molecule has 0 aliphatic heterocycles. The number of nitrogens with zero attached hydrogens (tertiary/aromatic N) is 3. The number of rotatable bonds is 5. The van der Waals surface area contributed by atoms with Gasteiger partial charge in [-0.3, -0.25) is 0 Å². The van der Waals surface area contributed by atoms with E-state index in [1.807, 2.05) is 18.2 Å². The summed E-state index contributed by atoms with van der Waals surface area (Å²) in [4.78, 5) is 10.6. The van der Waals surface area contributed by atoms with Crippen LogP contribution in [-0.2, 0) is 0 Å². The third-order valence-corrected chi connectivity index (χ3v) is 11.6. The van der Waals surface area contributed by atoms with Gasteiger partial charge in [0.1, 0.15) is 11.2 Å². The van der Waals surface area contributed by atoms with E-state index in [2.05, 4.69) is 187 Å². The predicted molar refractivity (Wildman–Crippen MR) is 240 cm³/mol. The lowest BCUT2D eigenvalue weighted by Crippen LogP contribution is -1.96. The first-order chi connectivity index (χ1) is 28.7. The fourth-order valence-electron chi connectivity index (χ4n) is 8.83. The highest BCUT2D eigenvalue weighted by Gasteiger charge is 2.20. The van der Waals surface area contributed by atoms with Crippen LogP contribution in [0.1, 0.15) is 0 Å². The highest BCUT2D eigenvalue weighted by Crippen LogP contribution is 2.41. The van der Waals surface area contributed by atoms with Crippen molar-refractivity contribution >= 4 is 65.3 Å². The molecule has 58 heavy (non-hydrogen) atoms. The molecule has 0 amide bonds. The summed E-state index contributed by atoms with van der Waals surface area (Å²) in [6, 6.07) is 70.8. The molecule has 4 nitrogen and oxygen atoms in total. The summed E-state index contributed by atoms with van der Waals surface area (Å²) in [5.74, 6) is 0.652. The van der Waals surface area contributed by atoms with Crippen molar-refractivity contribution in [1.29, 1.82) is 0 Å². The first-order valence-electron chi connectivity index (χ1n) is 19.6. The number of hydrogen-bond donors (Lipinski definition) is 0. The van der Waals surface area contributed by atoms with Gasteiger partial charge < -0.3 is 8.98 Å². The summed E-state index contributed by atoms with van der Waals surface area (Å²) in [6.07, 6.45) is 0. The maximum absolute atomic E-state index is 6.71. The molecule has 12 rings (SSSR count). The highest BCUT2D eigenvalue weighted by molar-refractivity contribution is 6.21. The average Bonchev–Trinajstić information content (AvgIpc) is 3.85. The fourth-order valence-corrected chi connectivity index (χ4v) is 8.83. The highest BCUT2D eigenvalue weighted by atomic mass is 16.3. The predicted octanol–water partition coefficient (Wildman–Crippen LogP) is 14.4. The molecule has 3 aromatic heterocycles. The van der Waals surface area contributed by atoms with Gasteiger partial charge >= 0.3 is 0 Å². The van der Waals surface area contributed by atoms with Crippen molar-refractivity contribution in [3.8, 4) is 50.7 Å². The van der Waals surface area contributed by atoms with Gasteiger partial charge in [0.05, 0.1) is 22.4 Å². The smallest absolute Gasteiger partial charge is 0.161 e. The Morgan fingerprint density at radius 2 is 1.03 bits per heavy atom. The van der Waals surface area contributed by atoms with Gasteiger partial charge in [-0.05, 0) is 75.1 Å². The monoisotopic (exact) mass is 739 g/mol. The molecule has 0 unspecified atom stereocenters. The SMILES string of the molecule is c1ccc(-c2ccc(-c3cc(-c4ccc5ccccc5c4)nc(-c4cccc5oc6cc(-n7c8ccccc8c8c9ccccc9ccc87)ccc6c45)n3)cc2)cc1. The van der Waals surface area contributed by atoms with E-state index in [-0.39, 0.29) is 0 Å². The Morgan fingerprint density at radius 1 is 0.362 bits per heavy atom. The van der Waals surface area contributed by atoms with Crippen molar-refractivity contribution in [3.05, 3.63) is 200 Å². The first-order valence-corrected chi connectivity index (χ1v) is 19.6. The van der Waals surface area contributed by atoms with Gasteiger partial charge in [0.2, 0.25) is 0 Å². The van der Waals surface area contributed by atoms with Crippen molar-refractivity contribution < 1.29 is 4.42 Å². The number of benzene rings is 9. The summed E-state index contributed by atoms with van der Waals surface area (Å²) >= 11 is 0. The lowest BCUT2D eigenvalue weighted by Gasteiger charge is -2.11. The molecule has 9 aromatic carbocycles. The minimum Gasteiger partial charge on any atom is -0.456 e. The van der Waals surface area contributed by atoms with Gasteiger partial charge in [0, 0.05) is 50.0 Å². The van der Waals surface area contributed by atoms with Crippen LogP contribution < -0.4 is 0 Å². The second-order valence-electron chi connectivity index (χ2n) is 15.0. The summed E-state index contributed by atoms with van der Waals surface area (Å²) < 4.78 is 9.07. The molecule has 0 aliphatic carbocycles. The van der Waals surface area contributed by atoms with E-state index in [0.29, 0.717) is 5.82 Å². The van der Waals surface area contributed by atoms with Crippen molar-refractivity contribution in [1.82, 2.24) is 14.5 Å². The molecule has 0 aliphatic rings. The second kappa shape index (κ2) is 12.9. The second-order valence-corrected chi connectivity index (χ2v) is 15.0. The summed E-state index contributed by atoms with van der Waals surface area (Å²) in [5, 5.41) is 9.36. The molecule has 0 fully saturated rings. The summed E-state index contributed by atoms with van der Waals surface area (Å²) in [6.45, 7) is 0. The normalized spacial score (nSPS) is 11.8. The molecule has 3 heterocycles. The Bertz CT molecular complexity index is 3560. The van der Waals surface area contributed by atoms with E-state index in [1.165, 1.54) is 43.4 Å². The molecule has 0 saturated heterocycles. The molecule has 0 spiro atoms. The summed E-state index contributed by atoms with van der Waals surface area (Å²) in [7, 11) is 0. The van der Waals surface area contributed by atoms with Crippen LogP contribution in [0.5, 0.6) is 0 Å². The molecule has 0 atom stereocenters. The Labute approximate surface area is 333 Å². The molecule has 0 radical (unpaired) electrons. The van der Waals surface area contributed by atoms with Gasteiger partial charge in [-0.15, -0.1) is 0 Å². The van der Waals surface area contributed by atoms with Gasteiger partial charge in [0.15, 0.2) is 5.82 Å². The van der Waals surface area contributed by atoms with Gasteiger partial charge in [-0.2, -0.15) is 0 Å². The third kappa shape index (κ3) is 5.16. The van der Waals surface area contributed by atoms with E-state index < -0.39 is 0 Å². The van der Waals surface area contributed by atoms with Gasteiger partial charge in [-0.25, -0.2) is 9.97 Å². The number of hydrogen-bond acceptors (Lipinski definition) is 3. The van der Waals surface area contributed by atoms with Crippen molar-refractivity contribution in [2.24, 2.45) is 0 Å². The fraction of sp³-hybridized carbons (Fsp3) is 0. The quantitative estimate of drug-likeness (QED) is 0.177. The van der Waals surface area contributed by atoms with E-state index in [9.17, 15) is 0 Å². The largest absolute Gasteiger partial charge is 0.456 e. The lowest BCUT2D eigenvalue weighted by molar-refractivity contribution is 0.668. The van der Waals surface area contributed by atoms with Gasteiger partial charge in [-0.1, -0.05) is 152 Å². The molecule has 0 bridgehead atoms. The standard InChI is InChI=1S/C54H33N3O/c1-2-11-34(12-3-1)36-21-24-38(25-22-36)46-33-47(40-26-23-35-13-4-5-15-39(35)31-40)56-54(55-46)45-18-10-20-50-53(45)44-29-28-41(32-51(44)58-50)57-48-19-9-8-17-43(48)52-42-16-7-6-14-37(42)27-30-49(52)57/h1-33H. The van der Waals surface area contributed by atoms with Crippen LogP contribution in [0.15, 0.2) is 205 Å². The van der Waals surface area contributed by atoms with Crippen LogP contribution in [-0.4, -0.2) is 14.5 Å². The molecule has 4 heteroatoms. The maximum atomic E-state index is 6.71. The minimum atomic E-state index is 0.652. The maximum Gasteiger partial charge on any atom is 0.161 e. The van der Waals surface area contributed by atoms with Crippen LogP contribution in [0.3, 0.4) is 0 Å². The number of furan rings is 1. The lowest BCUT2D eigenvalue weighted by atomic mass is 10.0. The van der Waals surface area contributed by atoms with E-state index in [0.717, 1.165) is 66.8 Å². The Kier molecular flexibility index (Phi) is 7.20. The van der Waals surface area contributed by atoms with Crippen molar-refractivity contribution in [2.45, 2.75) is 0 Å². The van der Waals surface area contributed by atoms with E-state index in [4.69, 9.17) is 14.4 Å². The summed E-state index contributed by atoms with van der Waals surface area (Å²) in [5.41, 5.74) is 12.0. The van der Waals surface area contributed by atoms with Crippen LogP contribution >= 0.6 is 0 Å². The first kappa shape index (κ1) is 32.4.